The number of rotatable bonds is 4. The van der Waals surface area contributed by atoms with Crippen LogP contribution in [-0.2, 0) is 58.2 Å². The monoisotopic (exact) mass is 362 g/mol. The van der Waals surface area contributed by atoms with Crippen molar-refractivity contribution in [3.63, 3.8) is 0 Å². The van der Waals surface area contributed by atoms with Gasteiger partial charge in [-0.15, -0.1) is 0 Å². The van der Waals surface area contributed by atoms with Crippen molar-refractivity contribution in [3.05, 3.63) is 24.3 Å². The summed E-state index contributed by atoms with van der Waals surface area (Å²) in [6, 6.07) is 0. The molecule has 0 bridgehead atoms. The Labute approximate surface area is 127 Å². The molecule has 0 amide bonds. The fourth-order valence-corrected chi connectivity index (χ4v) is 0.279. The zero-order valence-electron chi connectivity index (χ0n) is 10.3. The maximum absolute atomic E-state index is 9.53. The predicted molar refractivity (Wildman–Crippen MR) is 63.1 cm³/mol. The van der Waals surface area contributed by atoms with Gasteiger partial charge in [-0.25, -0.2) is 9.59 Å². The van der Waals surface area contributed by atoms with Gasteiger partial charge in [-0.05, 0) is 12.2 Å². The Morgan fingerprint density at radius 3 is 0.857 bits per heavy atom. The molecule has 0 aliphatic carbocycles. The molecule has 0 aromatic rings. The Morgan fingerprint density at radius 1 is 0.619 bits per heavy atom. The summed E-state index contributed by atoms with van der Waals surface area (Å²) in [5.41, 5.74) is 0. The second-order valence-electron chi connectivity index (χ2n) is 1.98. The van der Waals surface area contributed by atoms with E-state index >= 15 is 0 Å². The Morgan fingerprint density at radius 2 is 0.810 bits per heavy atom. The van der Waals surface area contributed by atoms with Crippen molar-refractivity contribution in [1.82, 2.24) is 0 Å². The van der Waals surface area contributed by atoms with Crippen molar-refractivity contribution in [2.75, 3.05) is 0 Å². The summed E-state index contributed by atoms with van der Waals surface area (Å²) in [5, 5.41) is 34.5. The van der Waals surface area contributed by atoms with Gasteiger partial charge in [-0.3, -0.25) is 0 Å². The van der Waals surface area contributed by atoms with Crippen molar-refractivity contribution in [3.8, 4) is 0 Å². The molecule has 0 atom stereocenters. The molecular weight excluding hydrogens is 344 g/mol. The van der Waals surface area contributed by atoms with E-state index in [1.54, 1.807) is 0 Å². The Hall–Kier alpha value is -2.28. The minimum Gasteiger partial charge on any atom is -0.545 e. The standard InChI is InChI=1S/2C4H4O4.Fe.4H2O/c2*5-3(6)1-2-4(7)8;;;;;/h2*1-2H,(H,5,6)(H,7,8);;4*1H2/q;;+2;;;;/p+2/b2*2-1-;;;;;. The number of hydrogen-bond acceptors (Lipinski definition) is 6. The summed E-state index contributed by atoms with van der Waals surface area (Å²) in [4.78, 5) is 37.9. The third kappa shape index (κ3) is 73.5. The fourth-order valence-electron chi connectivity index (χ4n) is 0.279. The van der Waals surface area contributed by atoms with Crippen LogP contribution < -0.4 is 10.2 Å². The second-order valence-corrected chi connectivity index (χ2v) is 1.98. The van der Waals surface area contributed by atoms with Crippen LogP contribution >= 0.6 is 0 Å². The molecule has 0 aromatic heterocycles. The van der Waals surface area contributed by atoms with E-state index < -0.39 is 23.9 Å². The van der Waals surface area contributed by atoms with E-state index in [-0.39, 0.29) is 39.0 Å². The molecule has 0 saturated heterocycles. The maximum Gasteiger partial charge on any atom is 2.00 e. The Balaban J connectivity index is -0.0000000302. The molecule has 0 fully saturated rings. The van der Waals surface area contributed by atoms with Crippen LogP contribution in [0.15, 0.2) is 24.3 Å². The van der Waals surface area contributed by atoms with Gasteiger partial charge in [-0.2, -0.15) is 0 Å². The first-order valence-corrected chi connectivity index (χ1v) is 3.49. The van der Waals surface area contributed by atoms with E-state index in [0.29, 0.717) is 24.3 Å². The van der Waals surface area contributed by atoms with Crippen LogP contribution in [0.25, 0.3) is 0 Å². The largest absolute Gasteiger partial charge is 2.00 e. The van der Waals surface area contributed by atoms with Crippen LogP contribution in [0.2, 0.25) is 0 Å². The molecule has 0 rings (SSSR count). The molecule has 0 aliphatic heterocycles. The molecule has 14 N–H and O–H groups in total. The Bertz CT molecular complexity index is 281. The SMILES string of the molecule is O=C([O-])/C=C\C(=O)O.O=C([O-])/C=C\C(=O)O.[Fe+2].[OH3+].[OH3+].[OH3+].[OH3+]. The van der Waals surface area contributed by atoms with E-state index in [1.165, 1.54) is 0 Å². The summed E-state index contributed by atoms with van der Waals surface area (Å²) in [6.07, 6.45) is 1.88. The van der Waals surface area contributed by atoms with Crippen LogP contribution in [0, 0.1) is 0 Å². The zero-order chi connectivity index (χ0) is 13.1. The molecular formula is C8H18FeO12+4. The molecule has 12 nitrogen and oxygen atoms in total. The number of carbonyl (C=O) groups is 4. The molecule has 0 saturated carbocycles. The van der Waals surface area contributed by atoms with Crippen LogP contribution in [0.3, 0.4) is 0 Å². The quantitative estimate of drug-likeness (QED) is 0.274. The minimum atomic E-state index is -1.51. The van der Waals surface area contributed by atoms with Crippen LogP contribution in [0.5, 0.6) is 0 Å². The third-order valence-corrected chi connectivity index (χ3v) is 0.724. The van der Waals surface area contributed by atoms with E-state index in [1.807, 2.05) is 0 Å². The first-order chi connectivity index (χ1) is 7.25. The summed E-state index contributed by atoms with van der Waals surface area (Å²) in [7, 11) is 0. The fraction of sp³-hybridized carbons (Fsp3) is 0. The molecule has 126 valence electrons. The first kappa shape index (κ1) is 42.8. The van der Waals surface area contributed by atoms with E-state index in [2.05, 4.69) is 0 Å². The predicted octanol–water partition coefficient (Wildman–Crippen LogP) is -6.94. The average molecular weight is 362 g/mol. The van der Waals surface area contributed by atoms with Crippen molar-refractivity contribution in [1.29, 1.82) is 0 Å². The van der Waals surface area contributed by atoms with Crippen LogP contribution in [0.1, 0.15) is 0 Å². The third-order valence-electron chi connectivity index (χ3n) is 0.724. The van der Waals surface area contributed by atoms with Gasteiger partial charge in [-0.1, -0.05) is 0 Å². The second kappa shape index (κ2) is 26.3. The topological polar surface area (TPSA) is 287 Å². The molecule has 0 aromatic carbocycles. The van der Waals surface area contributed by atoms with E-state index in [9.17, 15) is 29.4 Å². The summed E-state index contributed by atoms with van der Waals surface area (Å²) in [5.74, 6) is -5.61. The van der Waals surface area contributed by atoms with Gasteiger partial charge in [0.2, 0.25) is 0 Å². The maximum atomic E-state index is 9.53. The molecule has 0 unspecified atom stereocenters. The van der Waals surface area contributed by atoms with Gasteiger partial charge in [0.1, 0.15) is 0 Å². The van der Waals surface area contributed by atoms with Crippen LogP contribution in [0.4, 0.5) is 0 Å². The van der Waals surface area contributed by atoms with E-state index in [0.717, 1.165) is 0 Å². The average Bonchev–Trinajstić information content (AvgIpc) is 2.12. The van der Waals surface area contributed by atoms with Gasteiger partial charge >= 0.3 is 29.0 Å². The smallest absolute Gasteiger partial charge is 0.545 e. The van der Waals surface area contributed by atoms with Gasteiger partial charge in [0.05, 0.1) is 11.9 Å². The van der Waals surface area contributed by atoms with Gasteiger partial charge in [0.25, 0.3) is 0 Å². The summed E-state index contributed by atoms with van der Waals surface area (Å²) in [6.45, 7) is 0. The molecule has 0 heterocycles. The summed E-state index contributed by atoms with van der Waals surface area (Å²) >= 11 is 0. The normalized spacial score (nSPS) is 7.24. The van der Waals surface area contributed by atoms with Crippen LogP contribution in [-0.4, -0.2) is 34.1 Å². The van der Waals surface area contributed by atoms with Crippen molar-refractivity contribution >= 4 is 23.9 Å². The Kier molecular flexibility index (Phi) is 53.6. The zero-order valence-corrected chi connectivity index (χ0v) is 11.4. The molecule has 0 radical (unpaired) electrons. The van der Waals surface area contributed by atoms with Gasteiger partial charge < -0.3 is 51.9 Å². The number of carbonyl (C=O) groups excluding carboxylic acids is 2. The molecule has 0 aliphatic rings. The molecule has 13 heteroatoms. The first-order valence-electron chi connectivity index (χ1n) is 3.49. The molecule has 0 spiro atoms. The van der Waals surface area contributed by atoms with Gasteiger partial charge in [0.15, 0.2) is 0 Å². The summed E-state index contributed by atoms with van der Waals surface area (Å²) < 4.78 is 0. The number of carboxylic acids is 4. The number of carboxylic acid groups (broad SMARTS) is 4. The van der Waals surface area contributed by atoms with Crippen molar-refractivity contribution < 1.29 is 78.6 Å². The number of aliphatic carboxylic acids is 4. The minimum absolute atomic E-state index is 0. The molecule has 21 heavy (non-hydrogen) atoms. The number of hydrogen-bond donors (Lipinski definition) is 2. The van der Waals surface area contributed by atoms with Gasteiger partial charge in [0, 0.05) is 12.2 Å². The van der Waals surface area contributed by atoms with Crippen molar-refractivity contribution in [2.45, 2.75) is 0 Å². The van der Waals surface area contributed by atoms with E-state index in [4.69, 9.17) is 10.2 Å². The van der Waals surface area contributed by atoms with Crippen molar-refractivity contribution in [2.24, 2.45) is 0 Å².